The van der Waals surface area contributed by atoms with Crippen LogP contribution in [-0.2, 0) is 19.1 Å². The van der Waals surface area contributed by atoms with Gasteiger partial charge in [-0.1, -0.05) is 20.8 Å². The first-order chi connectivity index (χ1) is 11.2. The third-order valence-electron chi connectivity index (χ3n) is 5.43. The number of ketones is 1. The fraction of sp³-hybridized carbons (Fsp3) is 0.833. The Morgan fingerprint density at radius 1 is 1.38 bits per heavy atom. The van der Waals surface area contributed by atoms with Gasteiger partial charge in [-0.25, -0.2) is 4.79 Å². The van der Waals surface area contributed by atoms with Crippen LogP contribution in [0.15, 0.2) is 0 Å². The first-order valence-corrected chi connectivity index (χ1v) is 8.86. The average molecular weight is 338 g/mol. The summed E-state index contributed by atoms with van der Waals surface area (Å²) in [6.45, 7) is 7.30. The Morgan fingerprint density at radius 3 is 2.58 bits per heavy atom. The molecular formula is C18H30N2O4. The second-order valence-corrected chi connectivity index (χ2v) is 8.13. The van der Waals surface area contributed by atoms with Gasteiger partial charge in [0.15, 0.2) is 0 Å². The minimum atomic E-state index is -0.745. The van der Waals surface area contributed by atoms with Crippen molar-refractivity contribution in [3.63, 3.8) is 0 Å². The number of methoxy groups -OCH3 is 1. The van der Waals surface area contributed by atoms with Crippen LogP contribution in [0.5, 0.6) is 0 Å². The van der Waals surface area contributed by atoms with Crippen LogP contribution >= 0.6 is 0 Å². The smallest absolute Gasteiger partial charge is 0.328 e. The maximum atomic E-state index is 12.5. The van der Waals surface area contributed by atoms with Crippen LogP contribution in [0.2, 0.25) is 0 Å². The molecule has 2 fully saturated rings. The van der Waals surface area contributed by atoms with Crippen molar-refractivity contribution in [1.29, 1.82) is 0 Å². The fourth-order valence-corrected chi connectivity index (χ4v) is 3.65. The van der Waals surface area contributed by atoms with E-state index in [1.165, 1.54) is 7.11 Å². The number of hydrogen-bond donors (Lipinski definition) is 2. The lowest BCUT2D eigenvalue weighted by Crippen LogP contribution is -2.49. The minimum Gasteiger partial charge on any atom is -0.467 e. The third-order valence-corrected chi connectivity index (χ3v) is 5.43. The molecule has 0 aromatic rings. The summed E-state index contributed by atoms with van der Waals surface area (Å²) in [5.74, 6) is -0.199. The van der Waals surface area contributed by atoms with Gasteiger partial charge in [-0.2, -0.15) is 0 Å². The molecule has 6 heteroatoms. The summed E-state index contributed by atoms with van der Waals surface area (Å²) in [5.41, 5.74) is 0.139. The summed E-state index contributed by atoms with van der Waals surface area (Å²) in [7, 11) is 1.31. The van der Waals surface area contributed by atoms with Gasteiger partial charge in [-0.05, 0) is 43.6 Å². The topological polar surface area (TPSA) is 84.5 Å². The van der Waals surface area contributed by atoms with Crippen molar-refractivity contribution < 1.29 is 19.1 Å². The molecule has 2 N–H and O–H groups in total. The third kappa shape index (κ3) is 4.56. The summed E-state index contributed by atoms with van der Waals surface area (Å²) in [4.78, 5) is 36.4. The normalized spacial score (nSPS) is 28.7. The molecule has 24 heavy (non-hydrogen) atoms. The number of esters is 1. The zero-order valence-corrected chi connectivity index (χ0v) is 15.2. The predicted molar refractivity (Wildman–Crippen MR) is 90.3 cm³/mol. The number of hydrogen-bond acceptors (Lipinski definition) is 5. The van der Waals surface area contributed by atoms with Crippen molar-refractivity contribution in [1.82, 2.24) is 10.6 Å². The summed E-state index contributed by atoms with van der Waals surface area (Å²) in [6.07, 6.45) is 3.32. The van der Waals surface area contributed by atoms with Gasteiger partial charge in [0.2, 0.25) is 5.91 Å². The molecule has 1 saturated carbocycles. The second kappa shape index (κ2) is 7.64. The molecule has 136 valence electrons. The molecule has 1 aliphatic heterocycles. The fourth-order valence-electron chi connectivity index (χ4n) is 3.65. The Labute approximate surface area is 144 Å². The number of carbonyl (C=O) groups is 3. The van der Waals surface area contributed by atoms with E-state index in [2.05, 4.69) is 31.4 Å². The van der Waals surface area contributed by atoms with Crippen molar-refractivity contribution in [2.45, 2.75) is 65.0 Å². The molecule has 4 atom stereocenters. The molecule has 2 rings (SSSR count). The van der Waals surface area contributed by atoms with Crippen molar-refractivity contribution in [2.24, 2.45) is 17.3 Å². The van der Waals surface area contributed by atoms with E-state index in [0.29, 0.717) is 18.8 Å². The van der Waals surface area contributed by atoms with E-state index >= 15 is 0 Å². The van der Waals surface area contributed by atoms with Gasteiger partial charge in [0.1, 0.15) is 11.8 Å². The molecule has 0 bridgehead atoms. The Hall–Kier alpha value is -1.43. The molecule has 1 amide bonds. The van der Waals surface area contributed by atoms with Gasteiger partial charge in [0.25, 0.3) is 0 Å². The Kier molecular flexibility index (Phi) is 6.01. The first kappa shape index (κ1) is 18.9. The van der Waals surface area contributed by atoms with Gasteiger partial charge in [0.05, 0.1) is 13.2 Å². The number of Topliss-reactive ketones (excluding diaryl/α,β-unsaturated/α-hetero) is 1. The molecule has 1 saturated heterocycles. The highest BCUT2D eigenvalue weighted by atomic mass is 16.5. The van der Waals surface area contributed by atoms with Crippen molar-refractivity contribution in [3.05, 3.63) is 0 Å². The van der Waals surface area contributed by atoms with Crippen LogP contribution in [-0.4, -0.2) is 43.4 Å². The number of carbonyl (C=O) groups excluding carboxylic acids is 3. The molecule has 0 radical (unpaired) electrons. The zero-order chi connectivity index (χ0) is 17.9. The van der Waals surface area contributed by atoms with Crippen LogP contribution in [0.1, 0.15) is 52.9 Å². The standard InChI is InChI=1S/C18H30N2O4/c1-18(2,3)12-9-13(19-10-12)16(22)20-14(17(23)24-4)8-11-6-5-7-15(11)21/h11-14,19H,5-10H2,1-4H3,(H,20,22)/t11-,12+,13-,14-/m0/s1. The molecule has 6 nitrogen and oxygen atoms in total. The van der Waals surface area contributed by atoms with E-state index in [1.807, 2.05) is 0 Å². The van der Waals surface area contributed by atoms with Gasteiger partial charge < -0.3 is 15.4 Å². The highest BCUT2D eigenvalue weighted by Crippen LogP contribution is 2.32. The molecule has 2 aliphatic rings. The van der Waals surface area contributed by atoms with E-state index in [1.54, 1.807) is 0 Å². The lowest BCUT2D eigenvalue weighted by atomic mass is 9.79. The Bertz CT molecular complexity index is 498. The molecule has 1 aliphatic carbocycles. The van der Waals surface area contributed by atoms with E-state index in [0.717, 1.165) is 25.8 Å². The van der Waals surface area contributed by atoms with Crippen LogP contribution < -0.4 is 10.6 Å². The van der Waals surface area contributed by atoms with Crippen LogP contribution in [0, 0.1) is 17.3 Å². The maximum absolute atomic E-state index is 12.5. The summed E-state index contributed by atoms with van der Waals surface area (Å²) >= 11 is 0. The maximum Gasteiger partial charge on any atom is 0.328 e. The SMILES string of the molecule is COC(=O)[C@H](C[C@@H]1CCCC1=O)NC(=O)[C@@H]1C[C@@H](C(C)(C)C)CN1. The largest absolute Gasteiger partial charge is 0.467 e. The molecule has 0 aromatic heterocycles. The van der Waals surface area contributed by atoms with Gasteiger partial charge >= 0.3 is 5.97 Å². The van der Waals surface area contributed by atoms with Gasteiger partial charge in [-0.15, -0.1) is 0 Å². The van der Waals surface area contributed by atoms with Crippen molar-refractivity contribution in [2.75, 3.05) is 13.7 Å². The number of rotatable bonds is 5. The van der Waals surface area contributed by atoms with Crippen molar-refractivity contribution >= 4 is 17.7 Å². The average Bonchev–Trinajstić information content (AvgIpc) is 3.15. The number of nitrogens with one attached hydrogen (secondary N) is 2. The lowest BCUT2D eigenvalue weighted by Gasteiger charge is -2.26. The van der Waals surface area contributed by atoms with Crippen LogP contribution in [0.25, 0.3) is 0 Å². The first-order valence-electron chi connectivity index (χ1n) is 8.86. The van der Waals surface area contributed by atoms with Gasteiger partial charge in [-0.3, -0.25) is 9.59 Å². The predicted octanol–water partition coefficient (Wildman–Crippen LogP) is 1.43. The summed E-state index contributed by atoms with van der Waals surface area (Å²) in [5, 5.41) is 6.05. The van der Waals surface area contributed by atoms with E-state index < -0.39 is 12.0 Å². The summed E-state index contributed by atoms with van der Waals surface area (Å²) in [6, 6.07) is -1.04. The zero-order valence-electron chi connectivity index (χ0n) is 15.2. The molecule has 1 heterocycles. The molecule has 0 aromatic carbocycles. The lowest BCUT2D eigenvalue weighted by molar-refractivity contribution is -0.146. The minimum absolute atomic E-state index is 0.139. The van der Waals surface area contributed by atoms with E-state index in [-0.39, 0.29) is 29.1 Å². The van der Waals surface area contributed by atoms with E-state index in [4.69, 9.17) is 4.74 Å². The Balaban J connectivity index is 1.95. The molecule has 0 unspecified atom stereocenters. The molecular weight excluding hydrogens is 308 g/mol. The molecule has 0 spiro atoms. The van der Waals surface area contributed by atoms with Crippen molar-refractivity contribution in [3.8, 4) is 0 Å². The number of ether oxygens (including phenoxy) is 1. The number of amides is 1. The van der Waals surface area contributed by atoms with Gasteiger partial charge in [0, 0.05) is 12.3 Å². The highest BCUT2D eigenvalue weighted by molar-refractivity contribution is 5.89. The van der Waals surface area contributed by atoms with E-state index in [9.17, 15) is 14.4 Å². The summed E-state index contributed by atoms with van der Waals surface area (Å²) < 4.78 is 4.81. The van der Waals surface area contributed by atoms with Crippen LogP contribution in [0.4, 0.5) is 0 Å². The van der Waals surface area contributed by atoms with Crippen LogP contribution in [0.3, 0.4) is 0 Å². The second-order valence-electron chi connectivity index (χ2n) is 8.13. The Morgan fingerprint density at radius 2 is 2.08 bits per heavy atom. The quantitative estimate of drug-likeness (QED) is 0.741. The highest BCUT2D eigenvalue weighted by Gasteiger charge is 2.38. The monoisotopic (exact) mass is 338 g/mol.